The van der Waals surface area contributed by atoms with Crippen LogP contribution < -0.4 is 4.90 Å². The van der Waals surface area contributed by atoms with Crippen LogP contribution in [0.5, 0.6) is 0 Å². The van der Waals surface area contributed by atoms with Gasteiger partial charge in [-0.1, -0.05) is 0 Å². The lowest BCUT2D eigenvalue weighted by Crippen LogP contribution is -2.53. The van der Waals surface area contributed by atoms with Crippen molar-refractivity contribution in [1.82, 2.24) is 19.3 Å². The molecule has 1 aliphatic heterocycles. The van der Waals surface area contributed by atoms with E-state index in [9.17, 15) is 8.42 Å². The van der Waals surface area contributed by atoms with E-state index in [2.05, 4.69) is 19.9 Å². The van der Waals surface area contributed by atoms with Gasteiger partial charge in [0, 0.05) is 31.9 Å². The molecular weight excluding hydrogens is 366 g/mol. The van der Waals surface area contributed by atoms with Crippen molar-refractivity contribution in [2.75, 3.05) is 30.9 Å². The Morgan fingerprint density at radius 1 is 1.33 bits per heavy atom. The first-order chi connectivity index (χ1) is 12.8. The number of rotatable bonds is 5. The summed E-state index contributed by atoms with van der Waals surface area (Å²) in [6.07, 6.45) is 5.10. The second kappa shape index (κ2) is 7.03. The average Bonchev–Trinajstić information content (AvgIpc) is 3.08. The highest BCUT2D eigenvalue weighted by molar-refractivity contribution is 7.89. The van der Waals surface area contributed by atoms with Gasteiger partial charge in [0.2, 0.25) is 10.0 Å². The lowest BCUT2D eigenvalue weighted by molar-refractivity contribution is -0.0172. The first kappa shape index (κ1) is 18.6. The van der Waals surface area contributed by atoms with Gasteiger partial charge in [-0.2, -0.15) is 4.31 Å². The van der Waals surface area contributed by atoms with E-state index in [0.717, 1.165) is 29.7 Å². The Labute approximate surface area is 160 Å². The first-order valence-corrected chi connectivity index (χ1v) is 11.1. The molecule has 2 atom stereocenters. The van der Waals surface area contributed by atoms with Gasteiger partial charge in [0.15, 0.2) is 0 Å². The van der Waals surface area contributed by atoms with Crippen molar-refractivity contribution >= 4 is 26.9 Å². The quantitative estimate of drug-likeness (QED) is 0.830. The van der Waals surface area contributed by atoms with Gasteiger partial charge in [0.05, 0.1) is 23.8 Å². The minimum atomic E-state index is -3.26. The first-order valence-electron chi connectivity index (χ1n) is 9.47. The van der Waals surface area contributed by atoms with E-state index < -0.39 is 10.0 Å². The third-order valence-electron chi connectivity index (χ3n) is 5.78. The number of anilines is 1. The third-order valence-corrected chi connectivity index (χ3v) is 7.90. The fraction of sp³-hybridized carbons (Fsp3) is 0.667. The molecule has 0 unspecified atom stereocenters. The van der Waals surface area contributed by atoms with Crippen LogP contribution in [0.4, 0.5) is 5.82 Å². The summed E-state index contributed by atoms with van der Waals surface area (Å²) >= 11 is 0. The maximum atomic E-state index is 12.9. The van der Waals surface area contributed by atoms with Crippen molar-refractivity contribution < 1.29 is 13.2 Å². The van der Waals surface area contributed by atoms with Crippen molar-refractivity contribution in [1.29, 1.82) is 0 Å². The molecule has 3 heterocycles. The Kier molecular flexibility index (Phi) is 4.85. The predicted molar refractivity (Wildman–Crippen MR) is 104 cm³/mol. The number of fused-ring (bicyclic) bond motifs is 1. The summed E-state index contributed by atoms with van der Waals surface area (Å²) in [5, 5.41) is 0.993. The number of aromatic amines is 1. The Hall–Kier alpha value is -1.71. The molecule has 0 aromatic carbocycles. The molecule has 1 saturated heterocycles. The maximum absolute atomic E-state index is 12.9. The van der Waals surface area contributed by atoms with Gasteiger partial charge < -0.3 is 14.6 Å². The molecule has 2 aliphatic rings. The molecule has 9 heteroatoms. The van der Waals surface area contributed by atoms with E-state index in [1.54, 1.807) is 10.6 Å². The summed E-state index contributed by atoms with van der Waals surface area (Å²) in [4.78, 5) is 13.9. The van der Waals surface area contributed by atoms with E-state index in [-0.39, 0.29) is 23.8 Å². The second-order valence-electron chi connectivity index (χ2n) is 7.88. The minimum Gasteiger partial charge on any atom is -0.375 e. The summed E-state index contributed by atoms with van der Waals surface area (Å²) < 4.78 is 32.9. The summed E-state index contributed by atoms with van der Waals surface area (Å²) in [6.45, 7) is 4.76. The molecule has 0 radical (unpaired) electrons. The molecule has 2 fully saturated rings. The van der Waals surface area contributed by atoms with Crippen molar-refractivity contribution in [2.45, 2.75) is 44.9 Å². The molecule has 0 spiro atoms. The van der Waals surface area contributed by atoms with E-state index in [1.807, 2.05) is 33.2 Å². The van der Waals surface area contributed by atoms with Gasteiger partial charge in [-0.3, -0.25) is 0 Å². The number of hydrogen-bond donors (Lipinski definition) is 1. The Morgan fingerprint density at radius 2 is 2.11 bits per heavy atom. The number of nitrogens with zero attached hydrogens (tertiary/aromatic N) is 4. The van der Waals surface area contributed by atoms with Gasteiger partial charge in [-0.25, -0.2) is 18.4 Å². The molecular formula is C18H27N5O3S. The summed E-state index contributed by atoms with van der Waals surface area (Å²) in [7, 11) is -1.24. The maximum Gasteiger partial charge on any atom is 0.214 e. The van der Waals surface area contributed by atoms with Crippen molar-refractivity contribution in [2.24, 2.45) is 5.92 Å². The molecule has 0 bridgehead atoms. The number of aromatic nitrogens is 3. The molecule has 148 valence electrons. The highest BCUT2D eigenvalue weighted by atomic mass is 32.2. The highest BCUT2D eigenvalue weighted by Gasteiger charge is 2.40. The largest absolute Gasteiger partial charge is 0.375 e. The topological polar surface area (TPSA) is 91.4 Å². The fourth-order valence-electron chi connectivity index (χ4n) is 4.12. The van der Waals surface area contributed by atoms with Gasteiger partial charge >= 0.3 is 0 Å². The van der Waals surface area contributed by atoms with Crippen LogP contribution >= 0.6 is 0 Å². The lowest BCUT2D eigenvalue weighted by atomic mass is 9.81. The zero-order chi connectivity index (χ0) is 19.2. The number of nitrogens with one attached hydrogen (secondary N) is 1. The fourth-order valence-corrected chi connectivity index (χ4v) is 6.23. The zero-order valence-electron chi connectivity index (χ0n) is 16.0. The van der Waals surface area contributed by atoms with Crippen LogP contribution in [0.2, 0.25) is 0 Å². The standard InChI is InChI=1S/C18H27N5O3S/c1-12-9-26-13(2)8-23(12)27(24,25)10-14-6-15(7-14)22(3)18-16-4-5-19-17(16)20-11-21-18/h4-5,11-15H,6-10H2,1-3H3,(H,19,20,21)/t12-,13-,14?,15?/m1/s1. The van der Waals surface area contributed by atoms with Gasteiger partial charge in [0.25, 0.3) is 0 Å². The van der Waals surface area contributed by atoms with Gasteiger partial charge in [0.1, 0.15) is 17.8 Å². The summed E-state index contributed by atoms with van der Waals surface area (Å²) in [5.41, 5.74) is 0.820. The molecule has 27 heavy (non-hydrogen) atoms. The Morgan fingerprint density at radius 3 is 2.89 bits per heavy atom. The number of morpholine rings is 1. The Bertz CT molecular complexity index is 909. The number of sulfonamides is 1. The third kappa shape index (κ3) is 3.55. The lowest BCUT2D eigenvalue weighted by Gasteiger charge is -2.43. The van der Waals surface area contributed by atoms with E-state index in [1.165, 1.54) is 0 Å². The molecule has 2 aromatic rings. The Balaban J connectivity index is 1.38. The number of hydrogen-bond acceptors (Lipinski definition) is 6. The van der Waals surface area contributed by atoms with Crippen molar-refractivity contribution in [3.8, 4) is 0 Å². The van der Waals surface area contributed by atoms with Crippen LogP contribution in [0.1, 0.15) is 26.7 Å². The van der Waals surface area contributed by atoms with E-state index in [4.69, 9.17) is 4.74 Å². The summed E-state index contributed by atoms with van der Waals surface area (Å²) in [6, 6.07) is 2.19. The number of H-pyrrole nitrogens is 1. The molecule has 1 aliphatic carbocycles. The van der Waals surface area contributed by atoms with E-state index >= 15 is 0 Å². The van der Waals surface area contributed by atoms with Gasteiger partial charge in [-0.05, 0) is 38.7 Å². The smallest absolute Gasteiger partial charge is 0.214 e. The SMILES string of the molecule is C[C@@H]1CN(S(=O)(=O)CC2CC(N(C)c3ncnc4[nH]ccc34)C2)[C@H](C)CO1. The van der Waals surface area contributed by atoms with Crippen LogP contribution in [0.25, 0.3) is 11.0 Å². The second-order valence-corrected chi connectivity index (χ2v) is 9.85. The van der Waals surface area contributed by atoms with Crippen molar-refractivity contribution in [3.63, 3.8) is 0 Å². The molecule has 4 rings (SSSR count). The van der Waals surface area contributed by atoms with Crippen LogP contribution in [0.3, 0.4) is 0 Å². The van der Waals surface area contributed by atoms with Crippen LogP contribution in [0.15, 0.2) is 18.6 Å². The molecule has 2 aromatic heterocycles. The van der Waals surface area contributed by atoms with Crippen LogP contribution in [-0.2, 0) is 14.8 Å². The number of ether oxygens (including phenoxy) is 1. The van der Waals surface area contributed by atoms with Crippen molar-refractivity contribution in [3.05, 3.63) is 18.6 Å². The monoisotopic (exact) mass is 393 g/mol. The normalized spacial score (nSPS) is 29.6. The minimum absolute atomic E-state index is 0.0437. The van der Waals surface area contributed by atoms with Crippen LogP contribution in [-0.4, -0.2) is 71.8 Å². The molecule has 8 nitrogen and oxygen atoms in total. The average molecular weight is 394 g/mol. The van der Waals surface area contributed by atoms with E-state index in [0.29, 0.717) is 19.2 Å². The highest BCUT2D eigenvalue weighted by Crippen LogP contribution is 2.36. The predicted octanol–water partition coefficient (Wildman–Crippen LogP) is 1.61. The summed E-state index contributed by atoms with van der Waals surface area (Å²) in [5.74, 6) is 1.30. The molecule has 0 amide bonds. The molecule has 1 N–H and O–H groups in total. The molecule has 1 saturated carbocycles. The van der Waals surface area contributed by atoms with Gasteiger partial charge in [-0.15, -0.1) is 0 Å². The zero-order valence-corrected chi connectivity index (χ0v) is 16.8. The van der Waals surface area contributed by atoms with Crippen LogP contribution in [0, 0.1) is 5.92 Å².